The minimum Gasteiger partial charge on any atom is -0.474 e. The third kappa shape index (κ3) is 6.09. The van der Waals surface area contributed by atoms with E-state index in [-0.39, 0.29) is 24.0 Å². The number of sulfonamides is 1. The predicted molar refractivity (Wildman–Crippen MR) is 136 cm³/mol. The molecule has 3 heterocycles. The van der Waals surface area contributed by atoms with Gasteiger partial charge in [0.25, 0.3) is 0 Å². The molecule has 0 radical (unpaired) electrons. The number of halogens is 1. The van der Waals surface area contributed by atoms with Crippen molar-refractivity contribution in [2.75, 3.05) is 45.5 Å². The topological polar surface area (TPSA) is 107 Å². The summed E-state index contributed by atoms with van der Waals surface area (Å²) in [7, 11) is -3.26. The largest absolute Gasteiger partial charge is 0.474 e. The number of amides is 2. The molecule has 0 saturated carbocycles. The molecular weight excluding hydrogens is 502 g/mol. The molecule has 3 atom stereocenters. The number of urea groups is 1. The lowest BCUT2D eigenvalue weighted by Crippen LogP contribution is -2.56. The van der Waals surface area contributed by atoms with Crippen LogP contribution in [0.2, 0.25) is 5.02 Å². The van der Waals surface area contributed by atoms with Gasteiger partial charge in [0.15, 0.2) is 0 Å². The molecule has 1 aromatic carbocycles. The second kappa shape index (κ2) is 11.0. The van der Waals surface area contributed by atoms with Gasteiger partial charge in [-0.1, -0.05) is 23.7 Å². The van der Waals surface area contributed by atoms with Crippen LogP contribution < -0.4 is 4.74 Å². The SMILES string of the molecule is C[C@H](Oc1ccc(C#N)cn1)C1CCN(C(=O)N2CCN(S(C)(=O)=O)CC2)C[C@@H]1c1ccc(Cl)cc1. The van der Waals surface area contributed by atoms with Crippen LogP contribution in [0.15, 0.2) is 42.6 Å². The molecule has 2 aliphatic heterocycles. The monoisotopic (exact) mass is 531 g/mol. The highest BCUT2D eigenvalue weighted by Gasteiger charge is 2.38. The lowest BCUT2D eigenvalue weighted by molar-refractivity contribution is 0.0643. The molecule has 2 amide bonds. The van der Waals surface area contributed by atoms with Crippen LogP contribution in [-0.4, -0.2) is 85.2 Å². The number of ether oxygens (including phenoxy) is 1. The second-order valence-electron chi connectivity index (χ2n) is 9.31. The van der Waals surface area contributed by atoms with Gasteiger partial charge in [-0.05, 0) is 37.1 Å². The van der Waals surface area contributed by atoms with Gasteiger partial charge in [0.2, 0.25) is 15.9 Å². The Kier molecular flexibility index (Phi) is 8.03. The van der Waals surface area contributed by atoms with Crippen molar-refractivity contribution in [3.63, 3.8) is 0 Å². The Labute approximate surface area is 217 Å². The molecule has 192 valence electrons. The van der Waals surface area contributed by atoms with E-state index in [2.05, 4.69) is 11.1 Å². The molecule has 0 aliphatic carbocycles. The number of nitrogens with zero attached hydrogens (tertiary/aromatic N) is 5. The molecular formula is C25H30ClN5O4S. The number of carbonyl (C=O) groups excluding carboxylic acids is 1. The van der Waals surface area contributed by atoms with Gasteiger partial charge < -0.3 is 14.5 Å². The number of likely N-dealkylation sites (tertiary alicyclic amines) is 1. The first-order valence-electron chi connectivity index (χ1n) is 11.9. The Morgan fingerprint density at radius 1 is 1.11 bits per heavy atom. The lowest BCUT2D eigenvalue weighted by Gasteiger charge is -2.43. The summed E-state index contributed by atoms with van der Waals surface area (Å²) in [6, 6.07) is 13.1. The summed E-state index contributed by atoms with van der Waals surface area (Å²) < 4.78 is 31.2. The molecule has 2 saturated heterocycles. The van der Waals surface area contributed by atoms with E-state index in [1.165, 1.54) is 16.8 Å². The normalized spacial score (nSPS) is 22.1. The molecule has 2 fully saturated rings. The Balaban J connectivity index is 1.48. The van der Waals surface area contributed by atoms with E-state index >= 15 is 0 Å². The van der Waals surface area contributed by atoms with Crippen LogP contribution in [0.1, 0.15) is 30.4 Å². The molecule has 2 aliphatic rings. The van der Waals surface area contributed by atoms with E-state index in [0.717, 1.165) is 12.0 Å². The summed E-state index contributed by atoms with van der Waals surface area (Å²) in [4.78, 5) is 21.2. The maximum atomic E-state index is 13.4. The minimum absolute atomic E-state index is 0.0191. The van der Waals surface area contributed by atoms with Crippen molar-refractivity contribution in [3.8, 4) is 11.9 Å². The summed E-state index contributed by atoms with van der Waals surface area (Å²) >= 11 is 6.13. The third-order valence-electron chi connectivity index (χ3n) is 6.99. The standard InChI is InChI=1S/C25H30ClN5O4S/c1-18(35-24-8-3-19(15-27)16-28-24)22-9-10-30(17-23(22)20-4-6-21(26)7-5-20)25(32)29-11-13-31(14-12-29)36(2,33)34/h3-8,16,18,22-23H,9-14,17H2,1-2H3/t18-,22?,23+/m0/s1. The van der Waals surface area contributed by atoms with Crippen molar-refractivity contribution in [2.24, 2.45) is 5.92 Å². The van der Waals surface area contributed by atoms with Crippen molar-refractivity contribution in [3.05, 3.63) is 58.7 Å². The number of hydrogen-bond acceptors (Lipinski definition) is 6. The van der Waals surface area contributed by atoms with Crippen LogP contribution >= 0.6 is 11.6 Å². The van der Waals surface area contributed by atoms with Crippen molar-refractivity contribution in [1.82, 2.24) is 19.1 Å². The fraction of sp³-hybridized carbons (Fsp3) is 0.480. The van der Waals surface area contributed by atoms with Crippen LogP contribution in [0, 0.1) is 17.2 Å². The highest BCUT2D eigenvalue weighted by molar-refractivity contribution is 7.88. The van der Waals surface area contributed by atoms with Crippen molar-refractivity contribution in [1.29, 1.82) is 5.26 Å². The van der Waals surface area contributed by atoms with E-state index in [0.29, 0.717) is 55.7 Å². The molecule has 0 N–H and O–H groups in total. The van der Waals surface area contributed by atoms with Crippen LogP contribution in [-0.2, 0) is 10.0 Å². The van der Waals surface area contributed by atoms with E-state index in [1.807, 2.05) is 36.1 Å². The fourth-order valence-electron chi connectivity index (χ4n) is 4.97. The van der Waals surface area contributed by atoms with E-state index < -0.39 is 10.0 Å². The molecule has 9 nitrogen and oxygen atoms in total. The van der Waals surface area contributed by atoms with Gasteiger partial charge in [-0.15, -0.1) is 0 Å². The van der Waals surface area contributed by atoms with Gasteiger partial charge in [0.1, 0.15) is 12.2 Å². The molecule has 0 bridgehead atoms. The number of benzene rings is 1. The number of pyridine rings is 1. The van der Waals surface area contributed by atoms with Crippen LogP contribution in [0.3, 0.4) is 0 Å². The van der Waals surface area contributed by atoms with Crippen LogP contribution in [0.25, 0.3) is 0 Å². The quantitative estimate of drug-likeness (QED) is 0.586. The maximum Gasteiger partial charge on any atom is 0.320 e. The third-order valence-corrected chi connectivity index (χ3v) is 8.54. The van der Waals surface area contributed by atoms with E-state index in [4.69, 9.17) is 21.6 Å². The highest BCUT2D eigenvalue weighted by atomic mass is 35.5. The van der Waals surface area contributed by atoms with Gasteiger partial charge in [-0.2, -0.15) is 9.57 Å². The zero-order chi connectivity index (χ0) is 25.9. The molecule has 1 unspecified atom stereocenters. The number of carbonyl (C=O) groups is 1. The lowest BCUT2D eigenvalue weighted by atomic mass is 9.78. The smallest absolute Gasteiger partial charge is 0.320 e. The summed E-state index contributed by atoms with van der Waals surface area (Å²) in [5.41, 5.74) is 1.55. The average molecular weight is 532 g/mol. The number of aromatic nitrogens is 1. The second-order valence-corrected chi connectivity index (χ2v) is 11.7. The molecule has 11 heteroatoms. The predicted octanol–water partition coefficient (Wildman–Crippen LogP) is 3.18. The van der Waals surface area contributed by atoms with E-state index in [1.54, 1.807) is 17.0 Å². The molecule has 0 spiro atoms. The highest BCUT2D eigenvalue weighted by Crippen LogP contribution is 2.37. The first-order chi connectivity index (χ1) is 17.2. The molecule has 36 heavy (non-hydrogen) atoms. The fourth-order valence-corrected chi connectivity index (χ4v) is 5.93. The Morgan fingerprint density at radius 2 is 1.81 bits per heavy atom. The summed E-state index contributed by atoms with van der Waals surface area (Å²) in [6.45, 7) is 4.48. The summed E-state index contributed by atoms with van der Waals surface area (Å²) in [5.74, 6) is 0.596. The summed E-state index contributed by atoms with van der Waals surface area (Å²) in [6.07, 6.45) is 3.24. The first kappa shape index (κ1) is 26.2. The summed E-state index contributed by atoms with van der Waals surface area (Å²) in [5, 5.41) is 9.65. The van der Waals surface area contributed by atoms with Gasteiger partial charge in [0.05, 0.1) is 11.8 Å². The number of rotatable bonds is 5. The molecule has 2 aromatic rings. The van der Waals surface area contributed by atoms with Crippen molar-refractivity contribution < 1.29 is 17.9 Å². The van der Waals surface area contributed by atoms with Gasteiger partial charge in [0, 0.05) is 68.4 Å². The van der Waals surface area contributed by atoms with Crippen LogP contribution in [0.4, 0.5) is 4.79 Å². The average Bonchev–Trinajstić information content (AvgIpc) is 2.88. The van der Waals surface area contributed by atoms with Gasteiger partial charge in [-0.25, -0.2) is 18.2 Å². The zero-order valence-corrected chi connectivity index (χ0v) is 22.0. The zero-order valence-electron chi connectivity index (χ0n) is 20.4. The number of nitriles is 1. The molecule has 4 rings (SSSR count). The number of piperazine rings is 1. The Morgan fingerprint density at radius 3 is 2.39 bits per heavy atom. The number of piperidine rings is 1. The Bertz CT molecular complexity index is 1210. The van der Waals surface area contributed by atoms with Crippen molar-refractivity contribution in [2.45, 2.75) is 25.4 Å². The molecule has 1 aromatic heterocycles. The Hall–Kier alpha value is -2.87. The first-order valence-corrected chi connectivity index (χ1v) is 14.2. The maximum absolute atomic E-state index is 13.4. The van der Waals surface area contributed by atoms with Crippen LogP contribution in [0.5, 0.6) is 5.88 Å². The van der Waals surface area contributed by atoms with E-state index in [9.17, 15) is 13.2 Å². The minimum atomic E-state index is -3.26. The van der Waals surface area contributed by atoms with Gasteiger partial charge >= 0.3 is 6.03 Å². The van der Waals surface area contributed by atoms with Crippen molar-refractivity contribution >= 4 is 27.7 Å². The number of hydrogen-bond donors (Lipinski definition) is 0. The van der Waals surface area contributed by atoms with Gasteiger partial charge in [-0.3, -0.25) is 0 Å².